The first-order valence-corrected chi connectivity index (χ1v) is 11.6. The first-order valence-electron chi connectivity index (χ1n) is 11.6. The first kappa shape index (κ1) is 25.3. The summed E-state index contributed by atoms with van der Waals surface area (Å²) in [7, 11) is 0. The molecule has 0 bridgehead atoms. The largest absolute Gasteiger partial charge is 0.419 e. The average molecular weight is 502 g/mol. The number of carbonyl (C=O) groups is 2. The molecule has 1 aromatic carbocycles. The smallest absolute Gasteiger partial charge is 0.314 e. The van der Waals surface area contributed by atoms with E-state index in [4.69, 9.17) is 4.42 Å². The number of alkyl halides is 3. The molecule has 1 aliphatic heterocycles. The van der Waals surface area contributed by atoms with Crippen molar-refractivity contribution in [3.63, 3.8) is 0 Å². The molecule has 0 spiro atoms. The van der Waals surface area contributed by atoms with Gasteiger partial charge in [-0.3, -0.25) is 14.6 Å². The zero-order chi connectivity index (χ0) is 25.8. The molecule has 3 aromatic rings. The van der Waals surface area contributed by atoms with Crippen molar-refractivity contribution in [1.82, 2.24) is 25.4 Å². The van der Waals surface area contributed by atoms with E-state index >= 15 is 0 Å². The maximum atomic E-state index is 14.4. The van der Waals surface area contributed by atoms with E-state index in [2.05, 4.69) is 34.3 Å². The Balaban J connectivity index is 1.53. The number of nitrogens with one attached hydrogen (secondary N) is 1. The zero-order valence-corrected chi connectivity index (χ0v) is 19.8. The lowest BCUT2D eigenvalue weighted by molar-refractivity contribution is -0.138. The van der Waals surface area contributed by atoms with Crippen molar-refractivity contribution in [3.05, 3.63) is 77.3 Å². The summed E-state index contributed by atoms with van der Waals surface area (Å²) in [5.41, 5.74) is 2.41. The Morgan fingerprint density at radius 3 is 2.47 bits per heavy atom. The summed E-state index contributed by atoms with van der Waals surface area (Å²) in [4.78, 5) is 31.8. The van der Waals surface area contributed by atoms with Gasteiger partial charge >= 0.3 is 6.43 Å². The fraction of sp³-hybridized carbons (Fsp3) is 0.400. The molecule has 0 saturated carbocycles. The number of hydrogen-bond donors (Lipinski definition) is 1. The lowest BCUT2D eigenvalue weighted by atomic mass is 10.00. The molecule has 11 heteroatoms. The topological polar surface area (TPSA) is 101 Å². The van der Waals surface area contributed by atoms with Gasteiger partial charge in [-0.1, -0.05) is 50.2 Å². The van der Waals surface area contributed by atoms with Gasteiger partial charge in [-0.2, -0.15) is 8.78 Å². The van der Waals surface area contributed by atoms with Gasteiger partial charge in [0.15, 0.2) is 0 Å². The van der Waals surface area contributed by atoms with Crippen LogP contribution in [-0.2, 0) is 16.0 Å². The Bertz CT molecular complexity index is 1190. The second-order valence-electron chi connectivity index (χ2n) is 8.93. The first-order chi connectivity index (χ1) is 17.2. The minimum Gasteiger partial charge on any atom is -0.419 e. The molecular formula is C25H26F3N5O3. The van der Waals surface area contributed by atoms with E-state index in [0.29, 0.717) is 5.69 Å². The Morgan fingerprint density at radius 1 is 1.11 bits per heavy atom. The number of likely N-dealkylation sites (tertiary alicyclic amines) is 1. The summed E-state index contributed by atoms with van der Waals surface area (Å²) in [5.74, 6) is -2.17. The molecule has 0 aliphatic carbocycles. The zero-order valence-electron chi connectivity index (χ0n) is 19.8. The minimum absolute atomic E-state index is 0.190. The van der Waals surface area contributed by atoms with Crippen LogP contribution in [0.5, 0.6) is 0 Å². The van der Waals surface area contributed by atoms with Crippen LogP contribution in [0.1, 0.15) is 67.3 Å². The highest BCUT2D eigenvalue weighted by atomic mass is 19.3. The lowest BCUT2D eigenvalue weighted by Crippen LogP contribution is -2.47. The number of halogens is 3. The van der Waals surface area contributed by atoms with E-state index in [1.54, 1.807) is 6.20 Å². The third-order valence-electron chi connectivity index (χ3n) is 6.04. The molecule has 2 amide bonds. The molecule has 190 valence electrons. The predicted octanol–water partition coefficient (Wildman–Crippen LogP) is 3.91. The monoisotopic (exact) mass is 501 g/mol. The molecule has 0 radical (unpaired) electrons. The van der Waals surface area contributed by atoms with Crippen LogP contribution in [0, 0.1) is 0 Å². The standard InChI is InChI=1S/C25H26F3N5O3/c1-14(2)16-8-9-18(29-12-16)22(15-6-4-3-5-7-15)30-24(35)19-10-17(26)13-33(19)21(34)11-20-31-32-25(36-20)23(27)28/h3-9,12,14,17,19,22-23H,10-11,13H2,1-2H3,(H,30,35)/t17-,19+,22+/m1/s1. The van der Waals surface area contributed by atoms with Crippen molar-refractivity contribution in [1.29, 1.82) is 0 Å². The number of pyridine rings is 1. The van der Waals surface area contributed by atoms with Crippen LogP contribution in [0.4, 0.5) is 13.2 Å². The van der Waals surface area contributed by atoms with Gasteiger partial charge in [0.2, 0.25) is 17.7 Å². The summed E-state index contributed by atoms with van der Waals surface area (Å²) in [6, 6.07) is 11.3. The van der Waals surface area contributed by atoms with E-state index in [0.717, 1.165) is 16.0 Å². The Labute approximate surface area is 205 Å². The van der Waals surface area contributed by atoms with Crippen molar-refractivity contribution >= 4 is 11.8 Å². The molecular weight excluding hydrogens is 475 g/mol. The highest BCUT2D eigenvalue weighted by Gasteiger charge is 2.41. The SMILES string of the molecule is CC(C)c1ccc([C@@H](NC(=O)[C@@H]2C[C@@H](F)CN2C(=O)Cc2nnc(C(F)F)o2)c2ccccc2)nc1. The summed E-state index contributed by atoms with van der Waals surface area (Å²) in [6.45, 7) is 3.80. The van der Waals surface area contributed by atoms with E-state index in [1.165, 1.54) is 0 Å². The van der Waals surface area contributed by atoms with Gasteiger partial charge in [0.1, 0.15) is 18.6 Å². The van der Waals surface area contributed by atoms with Gasteiger partial charge in [-0.25, -0.2) is 4.39 Å². The predicted molar refractivity (Wildman–Crippen MR) is 123 cm³/mol. The molecule has 0 unspecified atom stereocenters. The highest BCUT2D eigenvalue weighted by molar-refractivity contribution is 5.89. The number of carbonyl (C=O) groups excluding carboxylic acids is 2. The van der Waals surface area contributed by atoms with Crippen LogP contribution in [0.2, 0.25) is 0 Å². The Kier molecular flexibility index (Phi) is 7.66. The molecule has 1 fully saturated rings. The quantitative estimate of drug-likeness (QED) is 0.502. The van der Waals surface area contributed by atoms with Crippen LogP contribution in [0.15, 0.2) is 53.1 Å². The number of rotatable bonds is 8. The minimum atomic E-state index is -2.97. The van der Waals surface area contributed by atoms with Crippen LogP contribution in [-0.4, -0.2) is 50.7 Å². The number of hydrogen-bond acceptors (Lipinski definition) is 6. The maximum absolute atomic E-state index is 14.4. The molecule has 3 atom stereocenters. The van der Waals surface area contributed by atoms with Gasteiger partial charge in [0, 0.05) is 12.6 Å². The maximum Gasteiger partial charge on any atom is 0.314 e. The lowest BCUT2D eigenvalue weighted by Gasteiger charge is -2.26. The van der Waals surface area contributed by atoms with Gasteiger partial charge in [0.05, 0.1) is 18.3 Å². The Hall–Kier alpha value is -3.76. The summed E-state index contributed by atoms with van der Waals surface area (Å²) in [5, 5.41) is 9.54. The number of amides is 2. The van der Waals surface area contributed by atoms with Crippen LogP contribution in [0.3, 0.4) is 0 Å². The third-order valence-corrected chi connectivity index (χ3v) is 6.04. The van der Waals surface area contributed by atoms with Crippen molar-refractivity contribution in [2.45, 2.75) is 57.3 Å². The van der Waals surface area contributed by atoms with Crippen molar-refractivity contribution in [2.24, 2.45) is 0 Å². The Morgan fingerprint density at radius 2 is 1.86 bits per heavy atom. The summed E-state index contributed by atoms with van der Waals surface area (Å²) in [6.07, 6.45) is -3.34. The van der Waals surface area contributed by atoms with E-state index in [-0.39, 0.29) is 24.8 Å². The van der Waals surface area contributed by atoms with E-state index < -0.39 is 48.8 Å². The molecule has 36 heavy (non-hydrogen) atoms. The summed E-state index contributed by atoms with van der Waals surface area (Å²) < 4.78 is 44.5. The number of aromatic nitrogens is 3. The van der Waals surface area contributed by atoms with Gasteiger partial charge in [-0.15, -0.1) is 10.2 Å². The molecule has 2 aromatic heterocycles. The number of nitrogens with zero attached hydrogens (tertiary/aromatic N) is 4. The fourth-order valence-corrected chi connectivity index (χ4v) is 4.11. The molecule has 8 nitrogen and oxygen atoms in total. The molecule has 4 rings (SSSR count). The third kappa shape index (κ3) is 5.72. The van der Waals surface area contributed by atoms with E-state index in [1.807, 2.05) is 42.5 Å². The highest BCUT2D eigenvalue weighted by Crippen LogP contribution is 2.26. The molecule has 3 heterocycles. The fourth-order valence-electron chi connectivity index (χ4n) is 4.11. The molecule has 1 N–H and O–H groups in total. The van der Waals surface area contributed by atoms with Crippen LogP contribution < -0.4 is 5.32 Å². The van der Waals surface area contributed by atoms with Gasteiger partial charge < -0.3 is 14.6 Å². The number of benzene rings is 1. The van der Waals surface area contributed by atoms with Gasteiger partial charge in [0.25, 0.3) is 5.89 Å². The second kappa shape index (κ2) is 10.9. The van der Waals surface area contributed by atoms with Crippen LogP contribution in [0.25, 0.3) is 0 Å². The van der Waals surface area contributed by atoms with E-state index in [9.17, 15) is 22.8 Å². The summed E-state index contributed by atoms with van der Waals surface area (Å²) >= 11 is 0. The van der Waals surface area contributed by atoms with Crippen LogP contribution >= 0.6 is 0 Å². The van der Waals surface area contributed by atoms with Crippen molar-refractivity contribution < 1.29 is 27.2 Å². The normalized spacial score (nSPS) is 18.6. The van der Waals surface area contributed by atoms with Crippen molar-refractivity contribution in [2.75, 3.05) is 6.54 Å². The average Bonchev–Trinajstić information content (AvgIpc) is 3.50. The second-order valence-corrected chi connectivity index (χ2v) is 8.93. The van der Waals surface area contributed by atoms with Gasteiger partial charge in [-0.05, 0) is 23.1 Å². The molecule has 1 aliphatic rings. The molecule has 1 saturated heterocycles. The van der Waals surface area contributed by atoms with Crippen molar-refractivity contribution in [3.8, 4) is 0 Å².